The first-order valence-corrected chi connectivity index (χ1v) is 11.4. The molecule has 33 heavy (non-hydrogen) atoms. The van der Waals surface area contributed by atoms with Gasteiger partial charge in [0.05, 0.1) is 33.6 Å². The summed E-state index contributed by atoms with van der Waals surface area (Å²) in [5.74, 6) is 2.14. The van der Waals surface area contributed by atoms with E-state index in [4.69, 9.17) is 13.9 Å². The molecule has 0 aliphatic carbocycles. The fraction of sp³-hybridized carbons (Fsp3) is 0.538. The number of amides is 2. The second-order valence-electron chi connectivity index (χ2n) is 9.66. The van der Waals surface area contributed by atoms with Gasteiger partial charge in [-0.05, 0) is 42.2 Å². The van der Waals surface area contributed by atoms with Crippen molar-refractivity contribution >= 4 is 11.8 Å². The molecule has 0 fully saturated rings. The monoisotopic (exact) mass is 458 g/mol. The quantitative estimate of drug-likeness (QED) is 0.499. The van der Waals surface area contributed by atoms with Gasteiger partial charge < -0.3 is 23.7 Å². The largest absolute Gasteiger partial charge is 0.493 e. The number of carbonyl (C=O) groups is 2. The van der Waals surface area contributed by atoms with Crippen molar-refractivity contribution in [2.45, 2.75) is 47.6 Å². The molecule has 182 valence electrons. The Balaban J connectivity index is 2.19. The third kappa shape index (κ3) is 7.84. The topological polar surface area (TPSA) is 72.2 Å². The predicted molar refractivity (Wildman–Crippen MR) is 128 cm³/mol. The Morgan fingerprint density at radius 1 is 1.03 bits per heavy atom. The minimum Gasteiger partial charge on any atom is -0.493 e. The molecule has 0 atom stereocenters. The van der Waals surface area contributed by atoms with Crippen LogP contribution in [0.1, 0.15) is 45.9 Å². The Labute approximate surface area is 197 Å². The number of methoxy groups -OCH3 is 2. The summed E-state index contributed by atoms with van der Waals surface area (Å²) in [6, 6.07) is 9.40. The minimum atomic E-state index is -0.555. The van der Waals surface area contributed by atoms with Crippen LogP contribution in [-0.4, -0.2) is 55.5 Å². The Hall–Kier alpha value is -2.96. The molecule has 0 saturated carbocycles. The van der Waals surface area contributed by atoms with E-state index in [-0.39, 0.29) is 24.3 Å². The Morgan fingerprint density at radius 3 is 2.27 bits per heavy atom. The molecule has 0 radical (unpaired) electrons. The van der Waals surface area contributed by atoms with Gasteiger partial charge in [-0.25, -0.2) is 0 Å². The van der Waals surface area contributed by atoms with Gasteiger partial charge in [0, 0.05) is 18.5 Å². The van der Waals surface area contributed by atoms with Crippen molar-refractivity contribution in [1.29, 1.82) is 0 Å². The Kier molecular flexibility index (Phi) is 9.38. The molecule has 0 aliphatic rings. The summed E-state index contributed by atoms with van der Waals surface area (Å²) in [5.41, 5.74) is 0.468. The first-order chi connectivity index (χ1) is 15.5. The Bertz CT molecular complexity index is 900. The Morgan fingerprint density at radius 2 is 1.73 bits per heavy atom. The number of nitrogens with zero attached hydrogens (tertiary/aromatic N) is 2. The summed E-state index contributed by atoms with van der Waals surface area (Å²) in [4.78, 5) is 29.8. The zero-order chi connectivity index (χ0) is 24.6. The summed E-state index contributed by atoms with van der Waals surface area (Å²) >= 11 is 0. The van der Waals surface area contributed by atoms with E-state index in [0.29, 0.717) is 43.3 Å². The van der Waals surface area contributed by atoms with Crippen molar-refractivity contribution < 1.29 is 23.5 Å². The molecule has 7 heteroatoms. The highest BCUT2D eigenvalue weighted by atomic mass is 16.5. The zero-order valence-electron chi connectivity index (χ0n) is 21.0. The summed E-state index contributed by atoms with van der Waals surface area (Å²) < 4.78 is 16.2. The maximum Gasteiger partial charge on any atom is 0.242 e. The average Bonchev–Trinajstić information content (AvgIpc) is 3.27. The molecule has 0 N–H and O–H groups in total. The molecule has 0 bridgehead atoms. The molecule has 1 aromatic heterocycles. The van der Waals surface area contributed by atoms with Crippen LogP contribution in [0, 0.1) is 11.3 Å². The molecule has 2 rings (SSSR count). The number of rotatable bonds is 11. The molecule has 2 amide bonds. The van der Waals surface area contributed by atoms with E-state index < -0.39 is 5.41 Å². The van der Waals surface area contributed by atoms with Crippen molar-refractivity contribution in [3.8, 4) is 11.5 Å². The van der Waals surface area contributed by atoms with Crippen LogP contribution in [0.25, 0.3) is 0 Å². The first kappa shape index (κ1) is 26.3. The van der Waals surface area contributed by atoms with E-state index in [9.17, 15) is 9.59 Å². The number of hydrogen-bond acceptors (Lipinski definition) is 5. The fourth-order valence-corrected chi connectivity index (χ4v) is 3.58. The van der Waals surface area contributed by atoms with Gasteiger partial charge in [0.1, 0.15) is 5.76 Å². The van der Waals surface area contributed by atoms with Crippen molar-refractivity contribution in [1.82, 2.24) is 9.80 Å². The van der Waals surface area contributed by atoms with E-state index >= 15 is 0 Å². The molecular formula is C26H38N2O5. The maximum absolute atomic E-state index is 13.4. The zero-order valence-corrected chi connectivity index (χ0v) is 21.0. The number of ether oxygens (including phenoxy) is 2. The minimum absolute atomic E-state index is 0.0256. The number of hydrogen-bond donors (Lipinski definition) is 0. The van der Waals surface area contributed by atoms with Crippen LogP contribution in [0.5, 0.6) is 11.5 Å². The molecule has 1 aromatic carbocycles. The lowest BCUT2D eigenvalue weighted by Crippen LogP contribution is -2.48. The molecule has 2 aromatic rings. The molecular weight excluding hydrogens is 420 g/mol. The van der Waals surface area contributed by atoms with Crippen LogP contribution in [0.15, 0.2) is 41.0 Å². The summed E-state index contributed by atoms with van der Waals surface area (Å²) in [6.07, 6.45) is 2.23. The second-order valence-corrected chi connectivity index (χ2v) is 9.66. The van der Waals surface area contributed by atoms with Crippen LogP contribution in [0.4, 0.5) is 0 Å². The molecule has 0 unspecified atom stereocenters. The average molecular weight is 459 g/mol. The van der Waals surface area contributed by atoms with Crippen LogP contribution < -0.4 is 9.47 Å². The maximum atomic E-state index is 13.4. The van der Waals surface area contributed by atoms with E-state index in [0.717, 1.165) is 5.56 Å². The predicted octanol–water partition coefficient (Wildman–Crippen LogP) is 4.40. The van der Waals surface area contributed by atoms with Crippen LogP contribution in [-0.2, 0) is 22.6 Å². The van der Waals surface area contributed by atoms with Gasteiger partial charge in [-0.1, -0.05) is 40.7 Å². The van der Waals surface area contributed by atoms with Crippen molar-refractivity contribution in [2.75, 3.05) is 33.9 Å². The standard InChI is InChI=1S/C26H38N2O5/c1-19(2)16-28(25(30)26(3,4)5)18-24(29)27(17-21-9-8-14-33-21)13-12-20-10-11-22(31-6)23(15-20)32-7/h8-11,14-15,19H,12-13,16-18H2,1-7H3. The lowest BCUT2D eigenvalue weighted by Gasteiger charge is -2.32. The summed E-state index contributed by atoms with van der Waals surface area (Å²) in [7, 11) is 3.20. The van der Waals surface area contributed by atoms with Gasteiger partial charge in [-0.3, -0.25) is 9.59 Å². The number of furan rings is 1. The number of benzene rings is 1. The van der Waals surface area contributed by atoms with Crippen LogP contribution in [0.3, 0.4) is 0 Å². The van der Waals surface area contributed by atoms with Gasteiger partial charge >= 0.3 is 0 Å². The molecule has 0 spiro atoms. The second kappa shape index (κ2) is 11.8. The molecule has 1 heterocycles. The number of carbonyl (C=O) groups excluding carboxylic acids is 2. The van der Waals surface area contributed by atoms with E-state index in [2.05, 4.69) is 0 Å². The third-order valence-electron chi connectivity index (χ3n) is 5.24. The van der Waals surface area contributed by atoms with Gasteiger partial charge in [0.25, 0.3) is 0 Å². The van der Waals surface area contributed by atoms with Crippen molar-refractivity contribution in [3.63, 3.8) is 0 Å². The first-order valence-electron chi connectivity index (χ1n) is 11.4. The third-order valence-corrected chi connectivity index (χ3v) is 5.24. The van der Waals surface area contributed by atoms with Crippen molar-refractivity contribution in [2.24, 2.45) is 11.3 Å². The molecule has 0 aliphatic heterocycles. The smallest absolute Gasteiger partial charge is 0.242 e. The van der Waals surface area contributed by atoms with Gasteiger partial charge in [-0.2, -0.15) is 0 Å². The lowest BCUT2D eigenvalue weighted by atomic mass is 9.94. The van der Waals surface area contributed by atoms with E-state index in [1.54, 1.807) is 36.3 Å². The molecule has 7 nitrogen and oxygen atoms in total. The highest BCUT2D eigenvalue weighted by molar-refractivity contribution is 5.87. The van der Waals surface area contributed by atoms with Gasteiger partial charge in [0.15, 0.2) is 11.5 Å². The summed E-state index contributed by atoms with van der Waals surface area (Å²) in [5, 5.41) is 0. The van der Waals surface area contributed by atoms with Gasteiger partial charge in [-0.15, -0.1) is 0 Å². The fourth-order valence-electron chi connectivity index (χ4n) is 3.58. The van der Waals surface area contributed by atoms with Crippen LogP contribution in [0.2, 0.25) is 0 Å². The van der Waals surface area contributed by atoms with Crippen LogP contribution >= 0.6 is 0 Å². The molecule has 0 saturated heterocycles. The lowest BCUT2D eigenvalue weighted by molar-refractivity contribution is -0.146. The van der Waals surface area contributed by atoms with E-state index in [1.807, 2.05) is 58.9 Å². The highest BCUT2D eigenvalue weighted by Gasteiger charge is 2.30. The highest BCUT2D eigenvalue weighted by Crippen LogP contribution is 2.28. The summed E-state index contributed by atoms with van der Waals surface area (Å²) in [6.45, 7) is 11.1. The van der Waals surface area contributed by atoms with Crippen molar-refractivity contribution in [3.05, 3.63) is 47.9 Å². The van der Waals surface area contributed by atoms with Gasteiger partial charge in [0.2, 0.25) is 11.8 Å². The van der Waals surface area contributed by atoms with E-state index in [1.165, 1.54) is 0 Å². The normalized spacial score (nSPS) is 11.4. The SMILES string of the molecule is COc1ccc(CCN(Cc2ccco2)C(=O)CN(CC(C)C)C(=O)C(C)(C)C)cc1OC.